The van der Waals surface area contributed by atoms with E-state index in [9.17, 15) is 9.59 Å². The molecule has 8 nitrogen and oxygen atoms in total. The van der Waals surface area contributed by atoms with Gasteiger partial charge in [-0.1, -0.05) is 0 Å². The van der Waals surface area contributed by atoms with Crippen LogP contribution in [0.4, 0.5) is 5.69 Å². The molecule has 30 heavy (non-hydrogen) atoms. The Morgan fingerprint density at radius 3 is 2.73 bits per heavy atom. The van der Waals surface area contributed by atoms with Crippen LogP contribution in [0.25, 0.3) is 0 Å². The van der Waals surface area contributed by atoms with E-state index in [0.29, 0.717) is 23.6 Å². The summed E-state index contributed by atoms with van der Waals surface area (Å²) >= 11 is 0. The van der Waals surface area contributed by atoms with Crippen molar-refractivity contribution in [1.82, 2.24) is 24.3 Å². The number of carbonyl (C=O) groups is 1. The number of nitrogens with one attached hydrogen (secondary N) is 1. The Hall–Kier alpha value is -2.58. The molecule has 2 atom stereocenters. The Morgan fingerprint density at radius 2 is 1.97 bits per heavy atom. The lowest BCUT2D eigenvalue weighted by Gasteiger charge is -2.47. The molecule has 0 aliphatic carbocycles. The summed E-state index contributed by atoms with van der Waals surface area (Å²) in [6, 6.07) is 4.43. The first-order valence-corrected chi connectivity index (χ1v) is 10.8. The second kappa shape index (κ2) is 7.92. The smallest absolute Gasteiger partial charge is 0.276 e. The number of aromatic nitrogens is 3. The van der Waals surface area contributed by atoms with Gasteiger partial charge in [0.15, 0.2) is 0 Å². The predicted octanol–water partition coefficient (Wildman–Crippen LogP) is 1.40. The maximum atomic E-state index is 13.1. The third kappa shape index (κ3) is 3.65. The van der Waals surface area contributed by atoms with Gasteiger partial charge in [0.25, 0.3) is 11.5 Å². The predicted molar refractivity (Wildman–Crippen MR) is 114 cm³/mol. The fourth-order valence-corrected chi connectivity index (χ4v) is 5.34. The van der Waals surface area contributed by atoms with E-state index < -0.39 is 5.91 Å². The Balaban J connectivity index is 1.35. The summed E-state index contributed by atoms with van der Waals surface area (Å²) in [6.07, 6.45) is 7.98. The second-order valence-electron chi connectivity index (χ2n) is 8.92. The highest BCUT2D eigenvalue weighted by Gasteiger charge is 2.37. The molecule has 2 aromatic heterocycles. The molecule has 1 N–H and O–H groups in total. The van der Waals surface area contributed by atoms with E-state index >= 15 is 0 Å². The van der Waals surface area contributed by atoms with Crippen LogP contribution in [-0.4, -0.2) is 69.5 Å². The second-order valence-corrected chi connectivity index (χ2v) is 8.92. The zero-order chi connectivity index (χ0) is 20.7. The Bertz CT molecular complexity index is 983. The van der Waals surface area contributed by atoms with E-state index in [-0.39, 0.29) is 11.3 Å². The van der Waals surface area contributed by atoms with Gasteiger partial charge >= 0.3 is 0 Å². The molecule has 2 fully saturated rings. The van der Waals surface area contributed by atoms with Gasteiger partial charge in [-0.25, -0.2) is 4.98 Å². The quantitative estimate of drug-likeness (QED) is 0.827. The third-order valence-corrected chi connectivity index (χ3v) is 6.88. The average Bonchev–Trinajstić information content (AvgIpc) is 2.77. The van der Waals surface area contributed by atoms with E-state index in [2.05, 4.69) is 32.1 Å². The molecule has 1 amide bonds. The summed E-state index contributed by atoms with van der Waals surface area (Å²) in [5.41, 5.74) is 1.49. The summed E-state index contributed by atoms with van der Waals surface area (Å²) in [5.74, 6) is 0.458. The number of piperidine rings is 2. The van der Waals surface area contributed by atoms with E-state index in [4.69, 9.17) is 0 Å². The zero-order valence-corrected chi connectivity index (χ0v) is 17.3. The van der Waals surface area contributed by atoms with Gasteiger partial charge < -0.3 is 14.8 Å². The summed E-state index contributed by atoms with van der Waals surface area (Å²) in [6.45, 7) is 5.15. The maximum absolute atomic E-state index is 13.1. The first-order chi connectivity index (χ1) is 14.6. The van der Waals surface area contributed by atoms with Gasteiger partial charge in [0.2, 0.25) is 0 Å². The topological polar surface area (TPSA) is 83.4 Å². The lowest BCUT2D eigenvalue weighted by Crippen LogP contribution is -2.53. The average molecular weight is 409 g/mol. The number of hydrogen-bond donors (Lipinski definition) is 1. The van der Waals surface area contributed by atoms with Crippen LogP contribution in [-0.2, 0) is 6.54 Å². The van der Waals surface area contributed by atoms with Gasteiger partial charge in [-0.15, -0.1) is 0 Å². The van der Waals surface area contributed by atoms with Crippen molar-refractivity contribution in [1.29, 1.82) is 0 Å². The Morgan fingerprint density at radius 1 is 1.13 bits per heavy atom. The molecule has 2 saturated heterocycles. The highest BCUT2D eigenvalue weighted by molar-refractivity contribution is 6.02. The van der Waals surface area contributed by atoms with E-state index in [1.54, 1.807) is 6.07 Å². The molecule has 0 saturated carbocycles. The number of carbonyl (C=O) groups excluding carboxylic acids is 1. The molecule has 0 radical (unpaired) electrons. The van der Waals surface area contributed by atoms with Crippen molar-refractivity contribution in [3.63, 3.8) is 0 Å². The number of nitrogens with zero attached hydrogens (tertiary/aromatic N) is 5. The molecular weight excluding hydrogens is 380 g/mol. The highest BCUT2D eigenvalue weighted by Crippen LogP contribution is 2.37. The van der Waals surface area contributed by atoms with Crippen molar-refractivity contribution in [2.45, 2.75) is 37.8 Å². The molecule has 158 valence electrons. The van der Waals surface area contributed by atoms with Crippen molar-refractivity contribution in [2.24, 2.45) is 5.92 Å². The van der Waals surface area contributed by atoms with Crippen molar-refractivity contribution >= 4 is 11.6 Å². The summed E-state index contributed by atoms with van der Waals surface area (Å²) < 4.78 is 1.89. The number of fused-ring (bicyclic) bond motifs is 4. The summed E-state index contributed by atoms with van der Waals surface area (Å²) in [5, 5.41) is 2.72. The minimum atomic E-state index is -0.412. The van der Waals surface area contributed by atoms with Crippen molar-refractivity contribution in [2.75, 3.05) is 38.5 Å². The van der Waals surface area contributed by atoms with Gasteiger partial charge in [0.1, 0.15) is 11.4 Å². The molecule has 5 rings (SSSR count). The van der Waals surface area contributed by atoms with E-state index in [1.807, 2.05) is 10.6 Å². The van der Waals surface area contributed by atoms with Crippen LogP contribution >= 0.6 is 0 Å². The van der Waals surface area contributed by atoms with Gasteiger partial charge in [0, 0.05) is 49.7 Å². The third-order valence-electron chi connectivity index (χ3n) is 6.88. The molecule has 5 heterocycles. The van der Waals surface area contributed by atoms with Crippen LogP contribution in [0.5, 0.6) is 0 Å². The van der Waals surface area contributed by atoms with Crippen LogP contribution in [0.1, 0.15) is 41.4 Å². The Labute approximate surface area is 175 Å². The molecular formula is C22H28N6O2. The number of anilines is 1. The van der Waals surface area contributed by atoms with Crippen molar-refractivity contribution in [3.05, 3.63) is 52.5 Å². The van der Waals surface area contributed by atoms with Crippen LogP contribution < -0.4 is 10.9 Å². The standard InChI is InChI=1S/C22H28N6O2/c1-26-8-4-17(5-9-26)27-12-15-10-16(14-27)20-3-2-18(22(30)28(20)13-15)25-21(29)19-11-23-6-7-24-19/h2-3,6-7,11,15-17H,4-5,8-10,12-14H2,1H3,(H,25,29)/t15-,16-/m1/s1. The highest BCUT2D eigenvalue weighted by atomic mass is 16.2. The number of likely N-dealkylation sites (tertiary alicyclic amines) is 2. The summed E-state index contributed by atoms with van der Waals surface area (Å²) in [4.78, 5) is 38.5. The molecule has 0 spiro atoms. The Kier molecular flexibility index (Phi) is 5.12. The normalized spacial score (nSPS) is 25.0. The molecule has 2 aromatic rings. The van der Waals surface area contributed by atoms with Gasteiger partial charge in [-0.3, -0.25) is 19.5 Å². The maximum Gasteiger partial charge on any atom is 0.276 e. The molecule has 0 unspecified atom stereocenters. The molecule has 2 bridgehead atoms. The van der Waals surface area contributed by atoms with Gasteiger partial charge in [0.05, 0.1) is 6.20 Å². The number of amides is 1. The fourth-order valence-electron chi connectivity index (χ4n) is 5.34. The number of rotatable bonds is 3. The summed E-state index contributed by atoms with van der Waals surface area (Å²) in [7, 11) is 2.20. The molecule has 3 aliphatic heterocycles. The minimum Gasteiger partial charge on any atom is -0.316 e. The van der Waals surface area contributed by atoms with Gasteiger partial charge in [-0.05, 0) is 57.5 Å². The monoisotopic (exact) mass is 408 g/mol. The van der Waals surface area contributed by atoms with E-state index in [1.165, 1.54) is 44.5 Å². The van der Waals surface area contributed by atoms with Crippen LogP contribution in [0.2, 0.25) is 0 Å². The number of hydrogen-bond acceptors (Lipinski definition) is 6. The van der Waals surface area contributed by atoms with Crippen molar-refractivity contribution < 1.29 is 4.79 Å². The lowest BCUT2D eigenvalue weighted by molar-refractivity contribution is 0.0517. The zero-order valence-electron chi connectivity index (χ0n) is 17.3. The van der Waals surface area contributed by atoms with Crippen LogP contribution in [0, 0.1) is 5.92 Å². The fraction of sp³-hybridized carbons (Fsp3) is 0.545. The van der Waals surface area contributed by atoms with Crippen LogP contribution in [0.3, 0.4) is 0 Å². The SMILES string of the molecule is CN1CCC(N2C[C@H]3C[C@H](C2)c2ccc(NC(=O)c4cnccn4)c(=O)n2C3)CC1. The molecule has 0 aromatic carbocycles. The first kappa shape index (κ1) is 19.4. The van der Waals surface area contributed by atoms with Gasteiger partial charge in [-0.2, -0.15) is 0 Å². The van der Waals surface area contributed by atoms with Crippen LogP contribution in [0.15, 0.2) is 35.5 Å². The largest absolute Gasteiger partial charge is 0.316 e. The lowest BCUT2D eigenvalue weighted by atomic mass is 9.82. The molecule has 8 heteroatoms. The molecule has 3 aliphatic rings. The minimum absolute atomic E-state index is 0.118. The first-order valence-electron chi connectivity index (χ1n) is 10.8. The van der Waals surface area contributed by atoms with Crippen molar-refractivity contribution in [3.8, 4) is 0 Å². The van der Waals surface area contributed by atoms with E-state index in [0.717, 1.165) is 31.7 Å². The number of pyridine rings is 1.